The van der Waals surface area contributed by atoms with Gasteiger partial charge in [-0.3, -0.25) is 14.3 Å². The Hall–Kier alpha value is -2.45. The van der Waals surface area contributed by atoms with E-state index in [4.69, 9.17) is 4.74 Å². The van der Waals surface area contributed by atoms with Crippen molar-refractivity contribution in [2.45, 2.75) is 51.9 Å². The Morgan fingerprint density at radius 2 is 1.86 bits per heavy atom. The highest BCUT2D eigenvalue weighted by Gasteiger charge is 2.17. The topological polar surface area (TPSA) is 81.4 Å². The van der Waals surface area contributed by atoms with Crippen LogP contribution in [0, 0.1) is 0 Å². The molecule has 1 aromatic carbocycles. The van der Waals surface area contributed by atoms with Crippen LogP contribution in [0.4, 0.5) is 0 Å². The molecular weight excluding hydrogens is 370 g/mol. The van der Waals surface area contributed by atoms with Crippen LogP contribution in [0.1, 0.15) is 36.2 Å². The van der Waals surface area contributed by atoms with Gasteiger partial charge in [0.05, 0.1) is 13.2 Å². The summed E-state index contributed by atoms with van der Waals surface area (Å²) in [5, 5.41) is 7.34. The largest absolute Gasteiger partial charge is 0.379 e. The second kappa shape index (κ2) is 9.37. The molecule has 2 aliphatic heterocycles. The highest BCUT2D eigenvalue weighted by Crippen LogP contribution is 2.13. The van der Waals surface area contributed by atoms with Crippen LogP contribution in [-0.4, -0.2) is 51.5 Å². The van der Waals surface area contributed by atoms with E-state index in [-0.39, 0.29) is 18.1 Å². The van der Waals surface area contributed by atoms with Crippen LogP contribution in [0.25, 0.3) is 0 Å². The average molecular weight is 399 g/mol. The highest BCUT2D eigenvalue weighted by atomic mass is 16.5. The van der Waals surface area contributed by atoms with Gasteiger partial charge in [-0.1, -0.05) is 30.7 Å². The summed E-state index contributed by atoms with van der Waals surface area (Å²) in [7, 11) is 0. The van der Waals surface area contributed by atoms with Crippen molar-refractivity contribution in [3.05, 3.63) is 51.7 Å². The zero-order chi connectivity index (χ0) is 20.1. The predicted octanol–water partition coefficient (Wildman–Crippen LogP) is 0.920. The molecule has 8 nitrogen and oxygen atoms in total. The average Bonchev–Trinajstić information content (AvgIpc) is 2.90. The van der Waals surface area contributed by atoms with E-state index >= 15 is 0 Å². The number of aromatic nitrogens is 3. The normalized spacial score (nSPS) is 17.5. The minimum absolute atomic E-state index is 0.0372. The van der Waals surface area contributed by atoms with Crippen molar-refractivity contribution in [3.8, 4) is 0 Å². The standard InChI is InChI=1S/C21H29N5O3/c27-20(16-26-21(28)25-9-5-1-2-8-19(25)23-26)22-14-17-6-3-4-7-18(17)15-24-10-12-29-13-11-24/h3-4,6-7H,1-2,5,8-16H2,(H,22,27). The number of hydrogen-bond acceptors (Lipinski definition) is 5. The molecule has 0 unspecified atom stereocenters. The summed E-state index contributed by atoms with van der Waals surface area (Å²) in [4.78, 5) is 27.4. The molecule has 2 aliphatic rings. The minimum Gasteiger partial charge on any atom is -0.379 e. The maximum atomic E-state index is 12.5. The van der Waals surface area contributed by atoms with Gasteiger partial charge in [-0.15, -0.1) is 0 Å². The van der Waals surface area contributed by atoms with Gasteiger partial charge in [0.25, 0.3) is 0 Å². The second-order valence-corrected chi connectivity index (χ2v) is 7.75. The summed E-state index contributed by atoms with van der Waals surface area (Å²) < 4.78 is 8.44. The molecule has 0 spiro atoms. The van der Waals surface area contributed by atoms with Gasteiger partial charge in [-0.2, -0.15) is 5.10 Å². The maximum absolute atomic E-state index is 12.5. The molecule has 1 N–H and O–H groups in total. The molecule has 0 radical (unpaired) electrons. The molecule has 1 saturated heterocycles. The van der Waals surface area contributed by atoms with Gasteiger partial charge in [0.1, 0.15) is 12.4 Å². The molecule has 8 heteroatoms. The predicted molar refractivity (Wildman–Crippen MR) is 108 cm³/mol. The number of carbonyl (C=O) groups excluding carboxylic acids is 1. The Labute approximate surface area is 170 Å². The zero-order valence-electron chi connectivity index (χ0n) is 16.8. The summed E-state index contributed by atoms with van der Waals surface area (Å²) in [6.07, 6.45) is 3.96. The van der Waals surface area contributed by atoms with E-state index in [2.05, 4.69) is 21.4 Å². The Kier molecular flexibility index (Phi) is 6.41. The minimum atomic E-state index is -0.193. The Morgan fingerprint density at radius 1 is 1.07 bits per heavy atom. The number of benzene rings is 1. The highest BCUT2D eigenvalue weighted by molar-refractivity contribution is 5.75. The third-order valence-electron chi connectivity index (χ3n) is 5.67. The monoisotopic (exact) mass is 399 g/mol. The fraction of sp³-hybridized carbons (Fsp3) is 0.571. The van der Waals surface area contributed by atoms with E-state index in [1.807, 2.05) is 18.2 Å². The number of morpholine rings is 1. The number of aryl methyl sites for hydroxylation is 1. The zero-order valence-corrected chi connectivity index (χ0v) is 16.8. The lowest BCUT2D eigenvalue weighted by molar-refractivity contribution is -0.122. The first-order valence-electron chi connectivity index (χ1n) is 10.5. The van der Waals surface area contributed by atoms with Gasteiger partial charge in [0, 0.05) is 39.1 Å². The van der Waals surface area contributed by atoms with E-state index in [9.17, 15) is 9.59 Å². The Bertz CT molecular complexity index is 898. The van der Waals surface area contributed by atoms with E-state index in [1.165, 1.54) is 10.2 Å². The van der Waals surface area contributed by atoms with Crippen LogP contribution in [0.3, 0.4) is 0 Å². The lowest BCUT2D eigenvalue weighted by Crippen LogP contribution is -2.36. The first-order chi connectivity index (χ1) is 14.2. The third kappa shape index (κ3) is 4.94. The van der Waals surface area contributed by atoms with Crippen molar-refractivity contribution in [2.24, 2.45) is 0 Å². The number of hydrogen-bond donors (Lipinski definition) is 1. The van der Waals surface area contributed by atoms with Crippen molar-refractivity contribution in [1.82, 2.24) is 24.6 Å². The Morgan fingerprint density at radius 3 is 2.69 bits per heavy atom. The SMILES string of the molecule is O=C(Cn1nc2n(c1=O)CCCCC2)NCc1ccccc1CN1CCOCC1. The molecule has 3 heterocycles. The van der Waals surface area contributed by atoms with E-state index in [0.717, 1.165) is 69.9 Å². The smallest absolute Gasteiger partial charge is 0.346 e. The molecule has 156 valence electrons. The first-order valence-corrected chi connectivity index (χ1v) is 10.5. The summed E-state index contributed by atoms with van der Waals surface area (Å²) in [6, 6.07) is 8.16. The molecule has 29 heavy (non-hydrogen) atoms. The van der Waals surface area contributed by atoms with Crippen LogP contribution in [0.5, 0.6) is 0 Å². The molecule has 1 aromatic heterocycles. The molecule has 1 amide bonds. The van der Waals surface area contributed by atoms with E-state index in [0.29, 0.717) is 13.1 Å². The molecule has 0 bridgehead atoms. The lowest BCUT2D eigenvalue weighted by atomic mass is 10.1. The van der Waals surface area contributed by atoms with E-state index < -0.39 is 0 Å². The van der Waals surface area contributed by atoms with Crippen LogP contribution >= 0.6 is 0 Å². The molecular formula is C21H29N5O3. The van der Waals surface area contributed by atoms with Gasteiger partial charge in [0.15, 0.2) is 0 Å². The fourth-order valence-corrected chi connectivity index (χ4v) is 4.00. The summed E-state index contributed by atoms with van der Waals surface area (Å²) in [5.74, 6) is 0.609. The number of amides is 1. The van der Waals surface area contributed by atoms with E-state index in [1.54, 1.807) is 4.57 Å². The number of nitrogens with zero attached hydrogens (tertiary/aromatic N) is 4. The quantitative estimate of drug-likeness (QED) is 0.781. The number of nitrogens with one attached hydrogen (secondary N) is 1. The molecule has 0 atom stereocenters. The Balaban J connectivity index is 1.36. The molecule has 1 fully saturated rings. The van der Waals surface area contributed by atoms with Crippen molar-refractivity contribution < 1.29 is 9.53 Å². The number of rotatable bonds is 6. The van der Waals surface area contributed by atoms with Crippen LogP contribution in [-0.2, 0) is 42.1 Å². The molecule has 0 aliphatic carbocycles. The maximum Gasteiger partial charge on any atom is 0.346 e. The van der Waals surface area contributed by atoms with Crippen molar-refractivity contribution in [2.75, 3.05) is 26.3 Å². The van der Waals surface area contributed by atoms with Gasteiger partial charge < -0.3 is 10.1 Å². The fourth-order valence-electron chi connectivity index (χ4n) is 4.00. The number of carbonyl (C=O) groups is 1. The van der Waals surface area contributed by atoms with Crippen molar-refractivity contribution in [1.29, 1.82) is 0 Å². The molecule has 2 aromatic rings. The summed E-state index contributed by atoms with van der Waals surface area (Å²) >= 11 is 0. The van der Waals surface area contributed by atoms with Gasteiger partial charge in [-0.25, -0.2) is 9.48 Å². The van der Waals surface area contributed by atoms with Gasteiger partial charge in [-0.05, 0) is 24.0 Å². The van der Waals surface area contributed by atoms with Crippen molar-refractivity contribution >= 4 is 5.91 Å². The summed E-state index contributed by atoms with van der Waals surface area (Å²) in [5.41, 5.74) is 2.13. The van der Waals surface area contributed by atoms with Gasteiger partial charge in [0.2, 0.25) is 5.91 Å². The van der Waals surface area contributed by atoms with Crippen LogP contribution in [0.15, 0.2) is 29.1 Å². The number of ether oxygens (including phenoxy) is 1. The second-order valence-electron chi connectivity index (χ2n) is 7.75. The molecule has 4 rings (SSSR count). The van der Waals surface area contributed by atoms with Crippen molar-refractivity contribution in [3.63, 3.8) is 0 Å². The lowest BCUT2D eigenvalue weighted by Gasteiger charge is -2.27. The third-order valence-corrected chi connectivity index (χ3v) is 5.67. The van der Waals surface area contributed by atoms with Crippen LogP contribution in [0.2, 0.25) is 0 Å². The number of fused-ring (bicyclic) bond motifs is 1. The van der Waals surface area contributed by atoms with Crippen LogP contribution < -0.4 is 11.0 Å². The molecule has 0 saturated carbocycles. The van der Waals surface area contributed by atoms with Gasteiger partial charge >= 0.3 is 5.69 Å². The first kappa shape index (κ1) is 19.8. The summed E-state index contributed by atoms with van der Waals surface area (Å²) in [6.45, 7) is 5.34.